The van der Waals surface area contributed by atoms with Gasteiger partial charge in [-0.2, -0.15) is 9.97 Å². The van der Waals surface area contributed by atoms with E-state index in [2.05, 4.69) is 120 Å². The van der Waals surface area contributed by atoms with Crippen LogP contribution in [0.25, 0.3) is 94.7 Å². The van der Waals surface area contributed by atoms with Gasteiger partial charge >= 0.3 is 0 Å². The Morgan fingerprint density at radius 3 is 1.84 bits per heavy atom. The van der Waals surface area contributed by atoms with Crippen molar-refractivity contribution in [3.63, 3.8) is 0 Å². The lowest BCUT2D eigenvalue weighted by molar-refractivity contribution is 0.669. The molecule has 0 spiro atoms. The molecule has 7 aromatic carbocycles. The lowest BCUT2D eigenvalue weighted by Crippen LogP contribution is -2.06. The van der Waals surface area contributed by atoms with Gasteiger partial charge in [-0.15, -0.1) is 0 Å². The highest BCUT2D eigenvalue weighted by atomic mass is 16.3. The van der Waals surface area contributed by atoms with E-state index in [9.17, 15) is 0 Å². The first kappa shape index (κ1) is 28.2. The molecule has 0 saturated carbocycles. The van der Waals surface area contributed by atoms with Gasteiger partial charge < -0.3 is 4.42 Å². The minimum atomic E-state index is 0.570. The van der Waals surface area contributed by atoms with Crippen molar-refractivity contribution in [1.82, 2.24) is 19.5 Å². The maximum atomic E-state index is 6.24. The minimum Gasteiger partial charge on any atom is -0.456 e. The third kappa shape index (κ3) is 4.60. The van der Waals surface area contributed by atoms with Gasteiger partial charge in [-0.25, -0.2) is 4.98 Å². The molecule has 0 radical (unpaired) electrons. The summed E-state index contributed by atoms with van der Waals surface area (Å²) in [4.78, 5) is 15.4. The molecule has 50 heavy (non-hydrogen) atoms. The summed E-state index contributed by atoms with van der Waals surface area (Å²) in [5.74, 6) is 1.81. The smallest absolute Gasteiger partial charge is 0.238 e. The standard InChI is InChI=1S/C45H28N4O/c1-3-13-29(14-4-1)31-17-11-18-33(27-31)44-46-43(30-15-5-2-6-16-30)47-45(48-44)49-38-22-9-7-19-35(38)37-28-32(25-26-39(37)49)34-21-12-24-41-42(34)36-20-8-10-23-40(36)50-41/h1-28H. The summed E-state index contributed by atoms with van der Waals surface area (Å²) in [5.41, 5.74) is 10.2. The van der Waals surface area contributed by atoms with Crippen molar-refractivity contribution in [2.24, 2.45) is 0 Å². The van der Waals surface area contributed by atoms with Crippen molar-refractivity contribution in [2.45, 2.75) is 0 Å². The van der Waals surface area contributed by atoms with Gasteiger partial charge in [0.05, 0.1) is 11.0 Å². The normalized spacial score (nSPS) is 11.6. The largest absolute Gasteiger partial charge is 0.456 e. The second-order valence-corrected chi connectivity index (χ2v) is 12.5. The second kappa shape index (κ2) is 11.4. The summed E-state index contributed by atoms with van der Waals surface area (Å²) in [7, 11) is 0. The summed E-state index contributed by atoms with van der Waals surface area (Å²) < 4.78 is 8.40. The zero-order chi connectivity index (χ0) is 33.0. The molecular weight excluding hydrogens is 613 g/mol. The van der Waals surface area contributed by atoms with Gasteiger partial charge in [0.1, 0.15) is 11.2 Å². The molecule has 0 amide bonds. The molecule has 0 fully saturated rings. The van der Waals surface area contributed by atoms with Gasteiger partial charge in [-0.3, -0.25) is 4.57 Å². The summed E-state index contributed by atoms with van der Waals surface area (Å²) >= 11 is 0. The van der Waals surface area contributed by atoms with Crippen LogP contribution in [0.3, 0.4) is 0 Å². The number of aromatic nitrogens is 4. The lowest BCUT2D eigenvalue weighted by atomic mass is 9.98. The number of nitrogens with zero attached hydrogens (tertiary/aromatic N) is 4. The Bertz CT molecular complexity index is 2870. The Morgan fingerprint density at radius 1 is 0.380 bits per heavy atom. The van der Waals surface area contributed by atoms with Crippen LogP contribution in [-0.4, -0.2) is 19.5 Å². The molecule has 10 aromatic rings. The monoisotopic (exact) mass is 640 g/mol. The molecule has 0 aliphatic rings. The van der Waals surface area contributed by atoms with Crippen LogP contribution in [0.1, 0.15) is 0 Å². The molecule has 5 heteroatoms. The predicted molar refractivity (Wildman–Crippen MR) is 203 cm³/mol. The number of benzene rings is 7. The summed E-state index contributed by atoms with van der Waals surface area (Å²) in [6.07, 6.45) is 0. The van der Waals surface area contributed by atoms with Crippen LogP contribution in [0.15, 0.2) is 174 Å². The molecule has 3 aromatic heterocycles. The molecule has 0 aliphatic carbocycles. The summed E-state index contributed by atoms with van der Waals surface area (Å²) in [6.45, 7) is 0. The fraction of sp³-hybridized carbons (Fsp3) is 0. The van der Waals surface area contributed by atoms with Crippen LogP contribution in [0, 0.1) is 0 Å². The third-order valence-corrected chi connectivity index (χ3v) is 9.47. The van der Waals surface area contributed by atoms with Crippen LogP contribution in [0.5, 0.6) is 0 Å². The van der Waals surface area contributed by atoms with Crippen molar-refractivity contribution in [1.29, 1.82) is 0 Å². The number of hydrogen-bond acceptors (Lipinski definition) is 4. The van der Waals surface area contributed by atoms with Crippen LogP contribution in [0.4, 0.5) is 0 Å². The Balaban J connectivity index is 1.20. The molecule has 0 saturated heterocycles. The number of furan rings is 1. The number of para-hydroxylation sites is 2. The lowest BCUT2D eigenvalue weighted by Gasteiger charge is -2.12. The van der Waals surface area contributed by atoms with E-state index in [1.54, 1.807) is 0 Å². The highest BCUT2D eigenvalue weighted by Gasteiger charge is 2.19. The molecule has 5 nitrogen and oxygen atoms in total. The predicted octanol–water partition coefficient (Wildman–Crippen LogP) is 11.5. The van der Waals surface area contributed by atoms with Gasteiger partial charge in [0, 0.05) is 32.7 Å². The van der Waals surface area contributed by atoms with E-state index < -0.39 is 0 Å². The molecule has 234 valence electrons. The second-order valence-electron chi connectivity index (χ2n) is 12.5. The van der Waals surface area contributed by atoms with Gasteiger partial charge in [0.2, 0.25) is 5.95 Å². The van der Waals surface area contributed by atoms with Crippen molar-refractivity contribution in [3.05, 3.63) is 170 Å². The minimum absolute atomic E-state index is 0.570. The maximum absolute atomic E-state index is 6.24. The molecule has 0 N–H and O–H groups in total. The van der Waals surface area contributed by atoms with Crippen LogP contribution in [0.2, 0.25) is 0 Å². The Kier molecular flexibility index (Phi) is 6.42. The first-order valence-corrected chi connectivity index (χ1v) is 16.7. The van der Waals surface area contributed by atoms with Crippen molar-refractivity contribution in [3.8, 4) is 51.0 Å². The first-order chi connectivity index (χ1) is 24.8. The van der Waals surface area contributed by atoms with E-state index in [1.807, 2.05) is 54.6 Å². The first-order valence-electron chi connectivity index (χ1n) is 16.7. The highest BCUT2D eigenvalue weighted by molar-refractivity contribution is 6.15. The van der Waals surface area contributed by atoms with E-state index in [-0.39, 0.29) is 0 Å². The summed E-state index contributed by atoms with van der Waals surface area (Å²) in [6, 6.07) is 58.6. The van der Waals surface area contributed by atoms with E-state index in [0.717, 1.165) is 77.1 Å². The fourth-order valence-electron chi connectivity index (χ4n) is 7.15. The van der Waals surface area contributed by atoms with Crippen LogP contribution < -0.4 is 0 Å². The van der Waals surface area contributed by atoms with Gasteiger partial charge in [-0.05, 0) is 58.7 Å². The number of fused-ring (bicyclic) bond motifs is 6. The third-order valence-electron chi connectivity index (χ3n) is 9.47. The SMILES string of the molecule is c1ccc(-c2cccc(-c3nc(-c4ccccc4)nc(-n4c5ccccc5c5cc(-c6cccc7oc8ccccc8c67)ccc54)n3)c2)cc1. The average Bonchev–Trinajstić information content (AvgIpc) is 3.74. The van der Waals surface area contributed by atoms with E-state index in [0.29, 0.717) is 17.6 Å². The maximum Gasteiger partial charge on any atom is 0.238 e. The van der Waals surface area contributed by atoms with Crippen molar-refractivity contribution in [2.75, 3.05) is 0 Å². The molecule has 0 atom stereocenters. The Morgan fingerprint density at radius 2 is 1.00 bits per heavy atom. The molecular formula is C45H28N4O. The quantitative estimate of drug-likeness (QED) is 0.188. The van der Waals surface area contributed by atoms with E-state index in [4.69, 9.17) is 19.4 Å². The number of hydrogen-bond donors (Lipinski definition) is 0. The Hall–Kier alpha value is -6.85. The number of rotatable bonds is 5. The van der Waals surface area contributed by atoms with Gasteiger partial charge in [0.15, 0.2) is 11.6 Å². The van der Waals surface area contributed by atoms with Crippen LogP contribution >= 0.6 is 0 Å². The molecule has 0 bridgehead atoms. The topological polar surface area (TPSA) is 56.7 Å². The summed E-state index contributed by atoms with van der Waals surface area (Å²) in [5, 5.41) is 4.49. The fourth-order valence-corrected chi connectivity index (χ4v) is 7.15. The van der Waals surface area contributed by atoms with Crippen molar-refractivity contribution >= 4 is 43.7 Å². The Labute approximate surface area is 287 Å². The van der Waals surface area contributed by atoms with Gasteiger partial charge in [-0.1, -0.05) is 133 Å². The van der Waals surface area contributed by atoms with E-state index in [1.165, 1.54) is 0 Å². The molecule has 0 unspecified atom stereocenters. The highest BCUT2D eigenvalue weighted by Crippen LogP contribution is 2.40. The van der Waals surface area contributed by atoms with Crippen molar-refractivity contribution < 1.29 is 4.42 Å². The van der Waals surface area contributed by atoms with Gasteiger partial charge in [0.25, 0.3) is 0 Å². The zero-order valence-corrected chi connectivity index (χ0v) is 26.9. The average molecular weight is 641 g/mol. The zero-order valence-electron chi connectivity index (χ0n) is 26.9. The molecule has 3 heterocycles. The van der Waals surface area contributed by atoms with Crippen LogP contribution in [-0.2, 0) is 0 Å². The molecule has 10 rings (SSSR count). The van der Waals surface area contributed by atoms with E-state index >= 15 is 0 Å². The molecule has 0 aliphatic heterocycles.